The summed E-state index contributed by atoms with van der Waals surface area (Å²) in [6.45, 7) is 2.07. The van der Waals surface area contributed by atoms with Gasteiger partial charge in [0.25, 0.3) is 0 Å². The Balaban J connectivity index is 2.17. The molecule has 0 spiro atoms. The fraction of sp³-hybridized carbons (Fsp3) is 0.167. The average molecular weight is 232 g/mol. The van der Waals surface area contributed by atoms with Gasteiger partial charge in [-0.05, 0) is 29.1 Å². The van der Waals surface area contributed by atoms with Gasteiger partial charge < -0.3 is 5.32 Å². The number of amides is 1. The lowest BCUT2D eigenvalue weighted by atomic mass is 10.1. The Bertz CT molecular complexity index is 480. The fourth-order valence-corrected chi connectivity index (χ4v) is 2.03. The summed E-state index contributed by atoms with van der Waals surface area (Å²) in [6, 6.07) is 5.94. The molecule has 2 aromatic rings. The molecule has 2 heterocycles. The third kappa shape index (κ3) is 2.67. The maximum absolute atomic E-state index is 10.8. The molecule has 0 radical (unpaired) electrons. The molecule has 0 saturated carbocycles. The van der Waals surface area contributed by atoms with Gasteiger partial charge in [-0.3, -0.25) is 9.78 Å². The van der Waals surface area contributed by atoms with E-state index in [0.717, 1.165) is 16.8 Å². The number of carbonyl (C=O) groups is 1. The summed E-state index contributed by atoms with van der Waals surface area (Å²) < 4.78 is 0. The Morgan fingerprint density at radius 3 is 3.06 bits per heavy atom. The largest absolute Gasteiger partial charge is 0.352 e. The van der Waals surface area contributed by atoms with Crippen LogP contribution < -0.4 is 5.32 Å². The van der Waals surface area contributed by atoms with E-state index in [9.17, 15) is 4.79 Å². The van der Waals surface area contributed by atoms with Gasteiger partial charge in [-0.2, -0.15) is 11.3 Å². The highest BCUT2D eigenvalue weighted by Crippen LogP contribution is 2.20. The van der Waals surface area contributed by atoms with Gasteiger partial charge in [0.15, 0.2) is 0 Å². The van der Waals surface area contributed by atoms with Crippen LogP contribution in [0.25, 0.3) is 11.3 Å². The van der Waals surface area contributed by atoms with E-state index >= 15 is 0 Å². The number of nitrogens with zero attached hydrogens (tertiary/aromatic N) is 1. The lowest BCUT2D eigenvalue weighted by molar-refractivity contribution is -0.119. The van der Waals surface area contributed by atoms with Gasteiger partial charge in [0.2, 0.25) is 5.91 Å². The van der Waals surface area contributed by atoms with Crippen molar-refractivity contribution < 1.29 is 4.79 Å². The Kier molecular flexibility index (Phi) is 3.31. The number of rotatable bonds is 3. The van der Waals surface area contributed by atoms with Crippen LogP contribution in [-0.2, 0) is 11.3 Å². The number of hydrogen-bond donors (Lipinski definition) is 1. The molecule has 4 heteroatoms. The van der Waals surface area contributed by atoms with E-state index in [4.69, 9.17) is 0 Å². The molecule has 0 saturated heterocycles. The zero-order chi connectivity index (χ0) is 11.4. The number of pyridine rings is 1. The minimum atomic E-state index is -0.0195. The van der Waals surface area contributed by atoms with Gasteiger partial charge in [-0.1, -0.05) is 0 Å². The predicted molar refractivity (Wildman–Crippen MR) is 65.1 cm³/mol. The summed E-state index contributed by atoms with van der Waals surface area (Å²) in [6.07, 6.45) is 1.77. The zero-order valence-corrected chi connectivity index (χ0v) is 9.75. The van der Waals surface area contributed by atoms with Crippen LogP contribution in [0.15, 0.2) is 35.2 Å². The Morgan fingerprint density at radius 2 is 2.38 bits per heavy atom. The first kappa shape index (κ1) is 10.8. The van der Waals surface area contributed by atoms with Gasteiger partial charge in [0, 0.05) is 30.6 Å². The van der Waals surface area contributed by atoms with Crippen molar-refractivity contribution in [1.29, 1.82) is 0 Å². The van der Waals surface area contributed by atoms with Gasteiger partial charge in [0.05, 0.1) is 5.69 Å². The van der Waals surface area contributed by atoms with Crippen LogP contribution in [-0.4, -0.2) is 10.9 Å². The Labute approximate surface area is 98.2 Å². The second kappa shape index (κ2) is 4.90. The van der Waals surface area contributed by atoms with E-state index in [1.54, 1.807) is 17.5 Å². The summed E-state index contributed by atoms with van der Waals surface area (Å²) in [5.41, 5.74) is 3.13. The van der Waals surface area contributed by atoms with E-state index in [1.807, 2.05) is 23.6 Å². The fourth-order valence-electron chi connectivity index (χ4n) is 1.38. The summed E-state index contributed by atoms with van der Waals surface area (Å²) in [5, 5.41) is 6.86. The molecule has 0 atom stereocenters. The van der Waals surface area contributed by atoms with Crippen LogP contribution in [0.2, 0.25) is 0 Å². The van der Waals surface area contributed by atoms with Crippen molar-refractivity contribution in [2.75, 3.05) is 0 Å². The molecule has 0 fully saturated rings. The monoisotopic (exact) mass is 232 g/mol. The highest BCUT2D eigenvalue weighted by molar-refractivity contribution is 7.08. The normalized spacial score (nSPS) is 10.1. The predicted octanol–water partition coefficient (Wildman–Crippen LogP) is 2.45. The van der Waals surface area contributed by atoms with Crippen LogP contribution in [0, 0.1) is 0 Å². The van der Waals surface area contributed by atoms with E-state index in [0.29, 0.717) is 6.54 Å². The summed E-state index contributed by atoms with van der Waals surface area (Å²) >= 11 is 1.65. The molecule has 2 rings (SSSR count). The lowest BCUT2D eigenvalue weighted by Gasteiger charge is -2.03. The van der Waals surface area contributed by atoms with Crippen LogP contribution in [0.1, 0.15) is 12.5 Å². The quantitative estimate of drug-likeness (QED) is 0.883. The van der Waals surface area contributed by atoms with Crippen molar-refractivity contribution in [3.05, 3.63) is 40.7 Å². The van der Waals surface area contributed by atoms with Crippen LogP contribution in [0.5, 0.6) is 0 Å². The highest BCUT2D eigenvalue weighted by Gasteiger charge is 2.01. The van der Waals surface area contributed by atoms with Gasteiger partial charge in [0.1, 0.15) is 0 Å². The highest BCUT2D eigenvalue weighted by atomic mass is 32.1. The Morgan fingerprint density at radius 1 is 1.50 bits per heavy atom. The number of thiophene rings is 1. The molecular weight excluding hydrogens is 220 g/mol. The van der Waals surface area contributed by atoms with Crippen molar-refractivity contribution in [3.63, 3.8) is 0 Å². The van der Waals surface area contributed by atoms with Crippen LogP contribution >= 0.6 is 11.3 Å². The second-order valence-electron chi connectivity index (χ2n) is 3.47. The van der Waals surface area contributed by atoms with Crippen molar-refractivity contribution in [2.45, 2.75) is 13.5 Å². The Hall–Kier alpha value is -1.68. The number of hydrogen-bond acceptors (Lipinski definition) is 3. The van der Waals surface area contributed by atoms with Crippen molar-refractivity contribution in [1.82, 2.24) is 10.3 Å². The zero-order valence-electron chi connectivity index (χ0n) is 8.93. The maximum atomic E-state index is 10.8. The SMILES string of the molecule is CC(=O)NCc1ccnc(-c2ccsc2)c1. The van der Waals surface area contributed by atoms with Crippen LogP contribution in [0.4, 0.5) is 0 Å². The van der Waals surface area contributed by atoms with E-state index in [-0.39, 0.29) is 5.91 Å². The minimum Gasteiger partial charge on any atom is -0.352 e. The minimum absolute atomic E-state index is 0.0195. The number of nitrogens with one attached hydrogen (secondary N) is 1. The molecule has 0 unspecified atom stereocenters. The summed E-state index contributed by atoms with van der Waals surface area (Å²) in [5.74, 6) is -0.0195. The topological polar surface area (TPSA) is 42.0 Å². The molecule has 1 N–H and O–H groups in total. The molecule has 0 aliphatic heterocycles. The third-order valence-electron chi connectivity index (χ3n) is 2.18. The van der Waals surface area contributed by atoms with E-state index in [1.165, 1.54) is 6.92 Å². The van der Waals surface area contributed by atoms with E-state index in [2.05, 4.69) is 15.7 Å². The molecule has 0 bridgehead atoms. The maximum Gasteiger partial charge on any atom is 0.217 e. The smallest absolute Gasteiger partial charge is 0.217 e. The first-order chi connectivity index (χ1) is 7.75. The number of carbonyl (C=O) groups excluding carboxylic acids is 1. The number of aromatic nitrogens is 1. The first-order valence-electron chi connectivity index (χ1n) is 4.97. The summed E-state index contributed by atoms with van der Waals surface area (Å²) in [7, 11) is 0. The third-order valence-corrected chi connectivity index (χ3v) is 2.87. The lowest BCUT2D eigenvalue weighted by Crippen LogP contribution is -2.18. The molecule has 3 nitrogen and oxygen atoms in total. The molecule has 16 heavy (non-hydrogen) atoms. The molecule has 1 amide bonds. The van der Waals surface area contributed by atoms with E-state index < -0.39 is 0 Å². The summed E-state index contributed by atoms with van der Waals surface area (Å²) in [4.78, 5) is 15.1. The van der Waals surface area contributed by atoms with Gasteiger partial charge >= 0.3 is 0 Å². The van der Waals surface area contributed by atoms with Crippen molar-refractivity contribution in [3.8, 4) is 11.3 Å². The van der Waals surface area contributed by atoms with Crippen molar-refractivity contribution >= 4 is 17.2 Å². The molecule has 0 aromatic carbocycles. The first-order valence-corrected chi connectivity index (χ1v) is 5.92. The van der Waals surface area contributed by atoms with Gasteiger partial charge in [-0.15, -0.1) is 0 Å². The molecular formula is C12H12N2OS. The molecule has 0 aliphatic carbocycles. The molecule has 82 valence electrons. The van der Waals surface area contributed by atoms with Crippen molar-refractivity contribution in [2.24, 2.45) is 0 Å². The van der Waals surface area contributed by atoms with Gasteiger partial charge in [-0.25, -0.2) is 0 Å². The average Bonchev–Trinajstić information content (AvgIpc) is 2.80. The molecule has 2 aromatic heterocycles. The van der Waals surface area contributed by atoms with Crippen LogP contribution in [0.3, 0.4) is 0 Å². The second-order valence-corrected chi connectivity index (χ2v) is 4.25. The molecule has 0 aliphatic rings. The standard InChI is InChI=1S/C12H12N2OS/c1-9(15)14-7-10-2-4-13-12(6-10)11-3-5-16-8-11/h2-6,8H,7H2,1H3,(H,14,15).